The normalized spacial score (nSPS) is 16.4. The lowest BCUT2D eigenvalue weighted by molar-refractivity contribution is 0.291. The van der Waals surface area contributed by atoms with Gasteiger partial charge >= 0.3 is 0 Å². The van der Waals surface area contributed by atoms with E-state index in [1.807, 2.05) is 6.07 Å². The molecule has 1 aromatic rings. The molecule has 1 aromatic carbocycles. The average molecular weight is 462 g/mol. The molecule has 1 saturated heterocycles. The van der Waals surface area contributed by atoms with Gasteiger partial charge < -0.3 is 15.5 Å². The molecule has 1 aliphatic rings. The molecule has 6 heteroatoms. The molecule has 1 atom stereocenters. The zero-order chi connectivity index (χ0) is 17.2. The summed E-state index contributed by atoms with van der Waals surface area (Å²) in [5, 5.41) is 6.62. The van der Waals surface area contributed by atoms with E-state index in [-0.39, 0.29) is 29.8 Å². The van der Waals surface area contributed by atoms with Crippen LogP contribution in [0.4, 0.5) is 4.39 Å². The van der Waals surface area contributed by atoms with Crippen LogP contribution in [0.2, 0.25) is 0 Å². The summed E-state index contributed by atoms with van der Waals surface area (Å²) in [4.78, 5) is 7.23. The molecule has 2 N–H and O–H groups in total. The van der Waals surface area contributed by atoms with Crippen LogP contribution >= 0.6 is 24.0 Å². The summed E-state index contributed by atoms with van der Waals surface area (Å²) in [6, 6.07) is 6.77. The van der Waals surface area contributed by atoms with Crippen LogP contribution in [0.1, 0.15) is 32.3 Å². The van der Waals surface area contributed by atoms with E-state index in [1.54, 1.807) is 12.1 Å². The fraction of sp³-hybridized carbons (Fsp3) is 0.632. The summed E-state index contributed by atoms with van der Waals surface area (Å²) in [6.45, 7) is 10.3. The monoisotopic (exact) mass is 462 g/mol. The van der Waals surface area contributed by atoms with E-state index in [4.69, 9.17) is 4.99 Å². The molecule has 1 heterocycles. The van der Waals surface area contributed by atoms with E-state index in [0.29, 0.717) is 5.92 Å². The molecule has 1 aliphatic heterocycles. The summed E-state index contributed by atoms with van der Waals surface area (Å²) < 4.78 is 13.2. The van der Waals surface area contributed by atoms with Crippen LogP contribution in [0.15, 0.2) is 29.3 Å². The van der Waals surface area contributed by atoms with Crippen LogP contribution in [0.5, 0.6) is 0 Å². The van der Waals surface area contributed by atoms with Crippen molar-refractivity contribution >= 4 is 29.9 Å². The van der Waals surface area contributed by atoms with E-state index in [9.17, 15) is 4.39 Å². The second kappa shape index (κ2) is 12.5. The van der Waals surface area contributed by atoms with Gasteiger partial charge in [-0.25, -0.2) is 4.39 Å². The summed E-state index contributed by atoms with van der Waals surface area (Å²) in [5.41, 5.74) is 1.00. The molecule has 0 spiro atoms. The minimum atomic E-state index is -0.177. The fourth-order valence-electron chi connectivity index (χ4n) is 3.07. The molecule has 25 heavy (non-hydrogen) atoms. The minimum Gasteiger partial charge on any atom is -0.357 e. The molecule has 1 fully saturated rings. The Bertz CT molecular complexity index is 518. The highest BCUT2D eigenvalue weighted by Crippen LogP contribution is 2.10. The lowest BCUT2D eigenvalue weighted by Crippen LogP contribution is -2.39. The van der Waals surface area contributed by atoms with Crippen molar-refractivity contribution < 1.29 is 4.39 Å². The molecular weight excluding hydrogens is 430 g/mol. The number of likely N-dealkylation sites (tertiary alicyclic amines) is 1. The van der Waals surface area contributed by atoms with Crippen molar-refractivity contribution in [1.82, 2.24) is 15.5 Å². The number of hydrogen-bond donors (Lipinski definition) is 2. The first-order valence-corrected chi connectivity index (χ1v) is 9.16. The number of rotatable bonds is 8. The van der Waals surface area contributed by atoms with Gasteiger partial charge in [0.15, 0.2) is 5.96 Å². The molecule has 0 bridgehead atoms. The largest absolute Gasteiger partial charge is 0.357 e. The van der Waals surface area contributed by atoms with E-state index >= 15 is 0 Å². The van der Waals surface area contributed by atoms with E-state index < -0.39 is 0 Å². The first-order chi connectivity index (χ1) is 11.7. The standard InChI is InChI=1S/C19H31FN4.HI/c1-3-21-19(22-10-9-17-7-6-8-18(20)13-17)23-14-16(2)15-24-11-4-5-12-24;/h6-8,13,16H,3-5,9-12,14-15H2,1-2H3,(H2,21,22,23);1H. The number of hydrogen-bond acceptors (Lipinski definition) is 2. The molecule has 0 radical (unpaired) electrons. The van der Waals surface area contributed by atoms with Gasteiger partial charge in [0.2, 0.25) is 0 Å². The molecule has 0 aromatic heterocycles. The van der Waals surface area contributed by atoms with Gasteiger partial charge in [0.25, 0.3) is 0 Å². The van der Waals surface area contributed by atoms with Gasteiger partial charge in [0.05, 0.1) is 0 Å². The van der Waals surface area contributed by atoms with Gasteiger partial charge in [-0.2, -0.15) is 0 Å². The van der Waals surface area contributed by atoms with Gasteiger partial charge in [-0.3, -0.25) is 4.99 Å². The topological polar surface area (TPSA) is 39.7 Å². The Labute approximate surface area is 168 Å². The predicted molar refractivity (Wildman–Crippen MR) is 114 cm³/mol. The summed E-state index contributed by atoms with van der Waals surface area (Å²) in [6.07, 6.45) is 3.45. The highest BCUT2D eigenvalue weighted by atomic mass is 127. The Morgan fingerprint density at radius 2 is 2.04 bits per heavy atom. The number of halogens is 2. The van der Waals surface area contributed by atoms with Crippen LogP contribution in [0.3, 0.4) is 0 Å². The van der Waals surface area contributed by atoms with Crippen LogP contribution in [0, 0.1) is 11.7 Å². The second-order valence-corrected chi connectivity index (χ2v) is 6.64. The Morgan fingerprint density at radius 1 is 1.28 bits per heavy atom. The van der Waals surface area contributed by atoms with Crippen molar-refractivity contribution in [2.24, 2.45) is 10.9 Å². The lowest BCUT2D eigenvalue weighted by Gasteiger charge is -2.19. The molecule has 2 rings (SSSR count). The van der Waals surface area contributed by atoms with Crippen molar-refractivity contribution in [3.63, 3.8) is 0 Å². The number of nitrogens with zero attached hydrogens (tertiary/aromatic N) is 2. The van der Waals surface area contributed by atoms with Crippen molar-refractivity contribution in [2.75, 3.05) is 39.3 Å². The SMILES string of the molecule is CCNC(=NCC(C)CN1CCCC1)NCCc1cccc(F)c1.I. The van der Waals surface area contributed by atoms with Gasteiger partial charge in [-0.1, -0.05) is 19.1 Å². The van der Waals surface area contributed by atoms with Crippen molar-refractivity contribution in [2.45, 2.75) is 33.1 Å². The van der Waals surface area contributed by atoms with Crippen molar-refractivity contribution in [3.05, 3.63) is 35.6 Å². The van der Waals surface area contributed by atoms with Crippen LogP contribution in [0.25, 0.3) is 0 Å². The quantitative estimate of drug-likeness (QED) is 0.354. The smallest absolute Gasteiger partial charge is 0.191 e. The maximum Gasteiger partial charge on any atom is 0.191 e. The third kappa shape index (κ3) is 8.85. The predicted octanol–water partition coefficient (Wildman–Crippen LogP) is 3.27. The lowest BCUT2D eigenvalue weighted by atomic mass is 10.1. The number of guanidine groups is 1. The first-order valence-electron chi connectivity index (χ1n) is 9.16. The van der Waals surface area contributed by atoms with E-state index in [0.717, 1.165) is 44.1 Å². The van der Waals surface area contributed by atoms with Gasteiger partial charge in [0.1, 0.15) is 5.82 Å². The summed E-state index contributed by atoms with van der Waals surface area (Å²) in [7, 11) is 0. The third-order valence-electron chi connectivity index (χ3n) is 4.27. The molecule has 1 unspecified atom stereocenters. The van der Waals surface area contributed by atoms with Gasteiger partial charge in [-0.05, 0) is 62.9 Å². The number of nitrogens with one attached hydrogen (secondary N) is 2. The van der Waals surface area contributed by atoms with Crippen LogP contribution < -0.4 is 10.6 Å². The number of aliphatic imine (C=N–C) groups is 1. The minimum absolute atomic E-state index is 0. The van der Waals surface area contributed by atoms with Crippen molar-refractivity contribution in [3.8, 4) is 0 Å². The maximum absolute atomic E-state index is 13.2. The van der Waals surface area contributed by atoms with Gasteiger partial charge in [0, 0.05) is 26.2 Å². The molecular formula is C19H32FIN4. The molecule has 142 valence electrons. The summed E-state index contributed by atoms with van der Waals surface area (Å²) >= 11 is 0. The van der Waals surface area contributed by atoms with Crippen LogP contribution in [-0.2, 0) is 6.42 Å². The average Bonchev–Trinajstić information content (AvgIpc) is 3.05. The molecule has 0 aliphatic carbocycles. The fourth-order valence-corrected chi connectivity index (χ4v) is 3.07. The summed E-state index contributed by atoms with van der Waals surface area (Å²) in [5.74, 6) is 1.23. The van der Waals surface area contributed by atoms with Crippen LogP contribution in [-0.4, -0.2) is 50.1 Å². The zero-order valence-corrected chi connectivity index (χ0v) is 17.8. The van der Waals surface area contributed by atoms with E-state index in [1.165, 1.54) is 32.0 Å². The Kier molecular flexibility index (Phi) is 11.0. The highest BCUT2D eigenvalue weighted by Gasteiger charge is 2.14. The first kappa shape index (κ1) is 22.2. The van der Waals surface area contributed by atoms with Crippen molar-refractivity contribution in [1.29, 1.82) is 0 Å². The number of benzene rings is 1. The Balaban J connectivity index is 0.00000312. The molecule has 4 nitrogen and oxygen atoms in total. The Hall–Kier alpha value is -0.890. The Morgan fingerprint density at radius 3 is 2.72 bits per heavy atom. The third-order valence-corrected chi connectivity index (χ3v) is 4.27. The van der Waals surface area contributed by atoms with E-state index in [2.05, 4.69) is 29.4 Å². The van der Waals surface area contributed by atoms with Gasteiger partial charge in [-0.15, -0.1) is 24.0 Å². The maximum atomic E-state index is 13.2. The second-order valence-electron chi connectivity index (χ2n) is 6.64. The highest BCUT2D eigenvalue weighted by molar-refractivity contribution is 14.0. The zero-order valence-electron chi connectivity index (χ0n) is 15.4. The molecule has 0 amide bonds. The molecule has 0 saturated carbocycles.